The molecule has 2 N–H and O–H groups in total. The molecule has 0 fully saturated rings. The van der Waals surface area contributed by atoms with Gasteiger partial charge in [0.2, 0.25) is 0 Å². The fourth-order valence-electron chi connectivity index (χ4n) is 5.58. The number of hydrogen-bond acceptors (Lipinski definition) is 5. The largest absolute Gasteiger partial charge is 0.465 e. The molecule has 2 aliphatic rings. The molecule has 0 saturated carbocycles. The maximum absolute atomic E-state index is 14.8. The smallest absolute Gasteiger partial charge is 0.405 e. The van der Waals surface area contributed by atoms with Crippen molar-refractivity contribution in [2.24, 2.45) is 0 Å². The zero-order valence-corrected chi connectivity index (χ0v) is 19.8. The van der Waals surface area contributed by atoms with E-state index in [9.17, 15) is 23.9 Å². The number of rotatable bonds is 6. The average Bonchev–Trinajstić information content (AvgIpc) is 3.20. The Hall–Kier alpha value is -3.75. The summed E-state index contributed by atoms with van der Waals surface area (Å²) in [5, 5.41) is 12.9. The van der Waals surface area contributed by atoms with Gasteiger partial charge in [-0.2, -0.15) is 0 Å². The van der Waals surface area contributed by atoms with E-state index >= 15 is 0 Å². The predicted molar refractivity (Wildman–Crippen MR) is 127 cm³/mol. The van der Waals surface area contributed by atoms with E-state index in [4.69, 9.17) is 9.72 Å². The summed E-state index contributed by atoms with van der Waals surface area (Å²) >= 11 is 0. The molecule has 1 aliphatic heterocycles. The normalized spacial score (nSPS) is 16.5. The summed E-state index contributed by atoms with van der Waals surface area (Å²) in [5.74, 6) is -0.317. The summed E-state index contributed by atoms with van der Waals surface area (Å²) in [5.41, 5.74) is 5.45. The molecule has 0 radical (unpaired) electrons. The number of ether oxygens (including phenoxy) is 1. The van der Waals surface area contributed by atoms with Crippen LogP contribution in [-0.4, -0.2) is 27.2 Å². The van der Waals surface area contributed by atoms with Gasteiger partial charge in [0.05, 0.1) is 35.1 Å². The predicted octanol–water partition coefficient (Wildman–Crippen LogP) is 4.31. The van der Waals surface area contributed by atoms with Crippen LogP contribution < -0.4 is 10.9 Å². The van der Waals surface area contributed by atoms with Crippen LogP contribution in [0.25, 0.3) is 22.3 Å². The number of nitrogens with zero attached hydrogens (tertiary/aromatic N) is 2. The summed E-state index contributed by atoms with van der Waals surface area (Å²) in [6, 6.07) is 2.80. The number of amides is 1. The van der Waals surface area contributed by atoms with Crippen LogP contribution in [0.3, 0.4) is 0 Å². The van der Waals surface area contributed by atoms with Gasteiger partial charge in [-0.1, -0.05) is 13.8 Å². The monoisotopic (exact) mass is 479 g/mol. The van der Waals surface area contributed by atoms with Gasteiger partial charge in [0, 0.05) is 17.0 Å². The lowest BCUT2D eigenvalue weighted by molar-refractivity contribution is -0.129. The number of halogens is 1. The van der Waals surface area contributed by atoms with Crippen LogP contribution >= 0.6 is 0 Å². The molecule has 3 heterocycles. The van der Waals surface area contributed by atoms with Crippen molar-refractivity contribution in [3.05, 3.63) is 61.7 Å². The highest BCUT2D eigenvalue weighted by Gasteiger charge is 2.35. The fourth-order valence-corrected chi connectivity index (χ4v) is 5.58. The van der Waals surface area contributed by atoms with Crippen LogP contribution in [-0.2, 0) is 29.1 Å². The number of carbonyl (C=O) groups is 2. The molecule has 0 spiro atoms. The van der Waals surface area contributed by atoms with Gasteiger partial charge in [0.1, 0.15) is 12.4 Å². The second kappa shape index (κ2) is 8.48. The summed E-state index contributed by atoms with van der Waals surface area (Å²) in [6.07, 6.45) is 0.642. The fraction of sp³-hybridized carbons (Fsp3) is 0.385. The summed E-state index contributed by atoms with van der Waals surface area (Å²) in [7, 11) is 0. The third-order valence-corrected chi connectivity index (χ3v) is 7.51. The van der Waals surface area contributed by atoms with Crippen molar-refractivity contribution in [2.45, 2.75) is 65.1 Å². The van der Waals surface area contributed by atoms with Gasteiger partial charge in [-0.05, 0) is 60.4 Å². The van der Waals surface area contributed by atoms with Crippen LogP contribution in [0.2, 0.25) is 0 Å². The number of fused-ring (bicyclic) bond motifs is 4. The summed E-state index contributed by atoms with van der Waals surface area (Å²) < 4.78 is 21.4. The van der Waals surface area contributed by atoms with Crippen LogP contribution in [0, 0.1) is 12.7 Å². The van der Waals surface area contributed by atoms with Crippen LogP contribution in [0.4, 0.5) is 9.18 Å². The zero-order chi connectivity index (χ0) is 25.0. The van der Waals surface area contributed by atoms with E-state index in [1.807, 2.05) is 19.9 Å². The number of aromatic nitrogens is 2. The van der Waals surface area contributed by atoms with Crippen molar-refractivity contribution < 1.29 is 23.8 Å². The number of nitrogens with one attached hydrogen (secondary N) is 1. The molecule has 1 aromatic carbocycles. The number of carbonyl (C=O) groups excluding carboxylic acids is 1. The first kappa shape index (κ1) is 23.0. The number of hydrogen-bond donors (Lipinski definition) is 2. The molecule has 5 rings (SSSR count). The van der Waals surface area contributed by atoms with Gasteiger partial charge in [0.15, 0.2) is 0 Å². The van der Waals surface area contributed by atoms with Crippen LogP contribution in [0.1, 0.15) is 72.0 Å². The Morgan fingerprint density at radius 2 is 2.17 bits per heavy atom. The minimum absolute atomic E-state index is 0.0369. The minimum atomic E-state index is -1.14. The Bertz CT molecular complexity index is 1460. The van der Waals surface area contributed by atoms with Gasteiger partial charge in [0.25, 0.3) is 12.0 Å². The highest BCUT2D eigenvalue weighted by Crippen LogP contribution is 2.45. The quantitative estimate of drug-likeness (QED) is 0.399. The number of benzene rings is 1. The molecule has 182 valence electrons. The summed E-state index contributed by atoms with van der Waals surface area (Å²) in [6.45, 7) is 6.15. The van der Waals surface area contributed by atoms with Crippen LogP contribution in [0.5, 0.6) is 0 Å². The van der Waals surface area contributed by atoms with Gasteiger partial charge < -0.3 is 19.7 Å². The second-order valence-corrected chi connectivity index (χ2v) is 9.32. The molecule has 0 bridgehead atoms. The van der Waals surface area contributed by atoms with E-state index in [1.54, 1.807) is 11.5 Å². The first-order chi connectivity index (χ1) is 16.8. The van der Waals surface area contributed by atoms with Crippen molar-refractivity contribution in [3.63, 3.8) is 0 Å². The Morgan fingerprint density at radius 1 is 1.40 bits per heavy atom. The molecule has 0 saturated heterocycles. The standard InChI is InChI=1S/C26H26FN3O5/c1-4-12(2)15-7-21-24-16(9-30(21)25(32)17(15)10-35-11-31)23-19(29-26(33)34)6-5-14-13(3)18(27)8-20(28-24)22(14)23/h7-8,11-12,19,29H,4-6,9-10H2,1-3H3,(H,33,34). The highest BCUT2D eigenvalue weighted by molar-refractivity contribution is 5.93. The van der Waals surface area contributed by atoms with Gasteiger partial charge in [-0.25, -0.2) is 14.2 Å². The van der Waals surface area contributed by atoms with E-state index < -0.39 is 12.1 Å². The third kappa shape index (κ3) is 3.48. The topological polar surface area (TPSA) is 111 Å². The van der Waals surface area contributed by atoms with Crippen molar-refractivity contribution in [1.82, 2.24) is 14.9 Å². The van der Waals surface area contributed by atoms with Crippen molar-refractivity contribution in [3.8, 4) is 11.4 Å². The molecular formula is C26H26FN3O5. The highest BCUT2D eigenvalue weighted by atomic mass is 19.1. The zero-order valence-electron chi connectivity index (χ0n) is 19.8. The van der Waals surface area contributed by atoms with E-state index in [0.717, 1.165) is 34.1 Å². The molecular weight excluding hydrogens is 453 g/mol. The molecule has 1 aliphatic carbocycles. The maximum atomic E-state index is 14.8. The van der Waals surface area contributed by atoms with Gasteiger partial charge in [-0.3, -0.25) is 9.59 Å². The van der Waals surface area contributed by atoms with Crippen molar-refractivity contribution >= 4 is 23.5 Å². The molecule has 1 amide bonds. The Balaban J connectivity index is 1.82. The average molecular weight is 480 g/mol. The Morgan fingerprint density at radius 3 is 2.86 bits per heavy atom. The molecule has 8 nitrogen and oxygen atoms in total. The van der Waals surface area contributed by atoms with Gasteiger partial charge in [-0.15, -0.1) is 0 Å². The lowest BCUT2D eigenvalue weighted by Gasteiger charge is -2.29. The number of carboxylic acid groups (broad SMARTS) is 1. The van der Waals surface area contributed by atoms with Gasteiger partial charge >= 0.3 is 6.09 Å². The lowest BCUT2D eigenvalue weighted by Crippen LogP contribution is -2.31. The van der Waals surface area contributed by atoms with Crippen LogP contribution in [0.15, 0.2) is 16.9 Å². The molecule has 35 heavy (non-hydrogen) atoms. The first-order valence-corrected chi connectivity index (χ1v) is 11.7. The molecule has 2 aromatic heterocycles. The molecule has 2 atom stereocenters. The van der Waals surface area contributed by atoms with E-state index in [1.165, 1.54) is 6.07 Å². The van der Waals surface area contributed by atoms with E-state index in [2.05, 4.69) is 5.32 Å². The minimum Gasteiger partial charge on any atom is -0.465 e. The molecule has 9 heteroatoms. The summed E-state index contributed by atoms with van der Waals surface area (Å²) in [4.78, 5) is 40.9. The Kier molecular flexibility index (Phi) is 5.57. The lowest BCUT2D eigenvalue weighted by atomic mass is 9.82. The van der Waals surface area contributed by atoms with Crippen molar-refractivity contribution in [1.29, 1.82) is 0 Å². The second-order valence-electron chi connectivity index (χ2n) is 9.32. The first-order valence-electron chi connectivity index (χ1n) is 11.7. The maximum Gasteiger partial charge on any atom is 0.405 e. The van der Waals surface area contributed by atoms with E-state index in [-0.39, 0.29) is 30.4 Å². The van der Waals surface area contributed by atoms with E-state index in [0.29, 0.717) is 47.3 Å². The number of pyridine rings is 2. The third-order valence-electron chi connectivity index (χ3n) is 7.51. The number of aryl methyl sites for hydroxylation is 1. The molecule has 2 unspecified atom stereocenters. The van der Waals surface area contributed by atoms with Crippen molar-refractivity contribution in [2.75, 3.05) is 0 Å². The molecule has 3 aromatic rings. The Labute approximate surface area is 200 Å². The SMILES string of the molecule is CCC(C)c1cc2n(c(=O)c1COC=O)Cc1c-2nc2cc(F)c(C)c3c2c1C(NC(=O)O)CC3.